The number of hydrazone groups is 1. The van der Waals surface area contributed by atoms with Gasteiger partial charge in [0.05, 0.1) is 18.4 Å². The minimum Gasteiger partial charge on any atom is -0.495 e. The molecule has 3 heterocycles. The van der Waals surface area contributed by atoms with Gasteiger partial charge in [-0.3, -0.25) is 10.2 Å². The fraction of sp³-hybridized carbons (Fsp3) is 0.200. The Bertz CT molecular complexity index is 1260. The summed E-state index contributed by atoms with van der Waals surface area (Å²) in [6.45, 7) is 3.65. The number of benzene rings is 1. The molecule has 0 bridgehead atoms. The molecule has 1 aromatic heterocycles. The third kappa shape index (κ3) is 3.71. The number of hydrogen-bond acceptors (Lipinski definition) is 5. The van der Waals surface area contributed by atoms with Crippen molar-refractivity contribution in [3.8, 4) is 11.4 Å². The highest BCUT2D eigenvalue weighted by Crippen LogP contribution is 2.36. The van der Waals surface area contributed by atoms with Crippen LogP contribution in [0.25, 0.3) is 11.8 Å². The predicted octanol–water partition coefficient (Wildman–Crippen LogP) is 4.94. The van der Waals surface area contributed by atoms with Crippen molar-refractivity contribution >= 4 is 51.4 Å². The summed E-state index contributed by atoms with van der Waals surface area (Å²) in [6.07, 6.45) is -3.27. The number of nitrogens with zero attached hydrogens (tertiary/aromatic N) is 4. The summed E-state index contributed by atoms with van der Waals surface area (Å²) < 4.78 is 46.3. The lowest BCUT2D eigenvalue weighted by Gasteiger charge is -2.20. The number of ether oxygens (including phenoxy) is 1. The zero-order chi connectivity index (χ0) is 23.4. The topological polar surface area (TPSA) is 83.0 Å². The maximum absolute atomic E-state index is 13.0. The molecule has 0 aliphatic carbocycles. The molecule has 1 N–H and O–H groups in total. The van der Waals surface area contributed by atoms with Gasteiger partial charge < -0.3 is 9.30 Å². The molecule has 1 amide bonds. The lowest BCUT2D eigenvalue weighted by Crippen LogP contribution is -2.35. The van der Waals surface area contributed by atoms with Crippen LogP contribution in [0, 0.1) is 19.3 Å². The van der Waals surface area contributed by atoms with Crippen molar-refractivity contribution < 1.29 is 22.7 Å². The molecule has 2 aromatic rings. The van der Waals surface area contributed by atoms with Crippen molar-refractivity contribution in [2.45, 2.75) is 20.0 Å². The number of halogens is 4. The van der Waals surface area contributed by atoms with Gasteiger partial charge in [-0.15, -0.1) is 0 Å². The van der Waals surface area contributed by atoms with Crippen LogP contribution in [0.15, 0.2) is 39.9 Å². The van der Waals surface area contributed by atoms with Crippen molar-refractivity contribution in [3.05, 3.63) is 51.8 Å². The third-order valence-electron chi connectivity index (χ3n) is 4.85. The van der Waals surface area contributed by atoms with E-state index in [-0.39, 0.29) is 22.5 Å². The van der Waals surface area contributed by atoms with Crippen LogP contribution in [0.5, 0.6) is 5.75 Å². The standard InChI is InChI=1S/C20H15ClF3N5O2S/c1-9-6-11(10(2)28(9)14-8-12(21)4-5-15(14)31-3)7-13-16(25)29-19(26-17(13)30)32-18(27-29)20(22,23)24/h4-8,25H,1-3H3/b13-7-,25-16?. The van der Waals surface area contributed by atoms with E-state index in [1.54, 1.807) is 31.2 Å². The lowest BCUT2D eigenvalue weighted by molar-refractivity contribution is -0.114. The number of nitrogens with one attached hydrogen (secondary N) is 1. The first-order chi connectivity index (χ1) is 15.0. The maximum atomic E-state index is 13.0. The molecular weight excluding hydrogens is 467 g/mol. The van der Waals surface area contributed by atoms with E-state index in [9.17, 15) is 18.0 Å². The molecule has 0 unspecified atom stereocenters. The molecule has 166 valence electrons. The van der Waals surface area contributed by atoms with E-state index in [1.165, 1.54) is 13.2 Å². The number of aryl methyl sites for hydroxylation is 1. The Morgan fingerprint density at radius 2 is 1.97 bits per heavy atom. The number of alkyl halides is 3. The number of amides is 1. The van der Waals surface area contributed by atoms with Gasteiger partial charge in [0.25, 0.3) is 5.91 Å². The summed E-state index contributed by atoms with van der Waals surface area (Å²) in [6, 6.07) is 6.94. The number of thioether (sulfide) groups is 1. The molecule has 12 heteroatoms. The Balaban J connectivity index is 1.77. The molecule has 0 fully saturated rings. The van der Waals surface area contributed by atoms with Crippen LogP contribution in [-0.2, 0) is 4.79 Å². The van der Waals surface area contributed by atoms with E-state index in [0.717, 1.165) is 10.7 Å². The molecule has 32 heavy (non-hydrogen) atoms. The van der Waals surface area contributed by atoms with Crippen molar-refractivity contribution in [2.75, 3.05) is 7.11 Å². The molecule has 1 aromatic carbocycles. The fourth-order valence-corrected chi connectivity index (χ4v) is 4.33. The molecule has 0 saturated carbocycles. The third-order valence-corrected chi connectivity index (χ3v) is 6.04. The summed E-state index contributed by atoms with van der Waals surface area (Å²) >= 11 is 6.37. The lowest BCUT2D eigenvalue weighted by atomic mass is 10.1. The van der Waals surface area contributed by atoms with E-state index in [0.29, 0.717) is 27.7 Å². The Morgan fingerprint density at radius 1 is 1.25 bits per heavy atom. The van der Waals surface area contributed by atoms with Crippen LogP contribution in [0.2, 0.25) is 5.02 Å². The number of carbonyl (C=O) groups is 1. The summed E-state index contributed by atoms with van der Waals surface area (Å²) in [7, 11) is 1.53. The molecule has 4 rings (SSSR count). The summed E-state index contributed by atoms with van der Waals surface area (Å²) in [4.78, 5) is 16.2. The second-order valence-corrected chi connectivity index (χ2v) is 8.29. The van der Waals surface area contributed by atoms with E-state index < -0.39 is 23.0 Å². The number of carbonyl (C=O) groups excluding carboxylic acids is 1. The highest BCUT2D eigenvalue weighted by molar-refractivity contribution is 8.27. The molecule has 0 radical (unpaired) electrons. The predicted molar refractivity (Wildman–Crippen MR) is 118 cm³/mol. The second kappa shape index (κ2) is 7.82. The highest BCUT2D eigenvalue weighted by atomic mass is 35.5. The number of amidine groups is 2. The van der Waals surface area contributed by atoms with E-state index >= 15 is 0 Å². The van der Waals surface area contributed by atoms with Gasteiger partial charge in [-0.2, -0.15) is 28.3 Å². The van der Waals surface area contributed by atoms with Crippen molar-refractivity contribution in [1.29, 1.82) is 5.41 Å². The Hall–Kier alpha value is -3.05. The van der Waals surface area contributed by atoms with Crippen LogP contribution in [0.4, 0.5) is 13.2 Å². The van der Waals surface area contributed by atoms with Gasteiger partial charge >= 0.3 is 6.18 Å². The highest BCUT2D eigenvalue weighted by Gasteiger charge is 2.46. The van der Waals surface area contributed by atoms with Gasteiger partial charge in [-0.25, -0.2) is 0 Å². The van der Waals surface area contributed by atoms with Gasteiger partial charge in [0.15, 0.2) is 5.84 Å². The molecule has 7 nitrogen and oxygen atoms in total. The number of methoxy groups -OCH3 is 1. The molecule has 2 aliphatic heterocycles. The molecule has 0 saturated heterocycles. The Labute approximate surface area is 189 Å². The van der Waals surface area contributed by atoms with E-state index in [4.69, 9.17) is 21.7 Å². The first-order valence-electron chi connectivity index (χ1n) is 9.11. The number of aromatic nitrogens is 1. The quantitative estimate of drug-likeness (QED) is 0.630. The smallest absolute Gasteiger partial charge is 0.441 e. The van der Waals surface area contributed by atoms with Gasteiger partial charge in [-0.1, -0.05) is 11.6 Å². The van der Waals surface area contributed by atoms with Crippen LogP contribution >= 0.6 is 23.4 Å². The summed E-state index contributed by atoms with van der Waals surface area (Å²) in [5.41, 5.74) is 2.60. The SMILES string of the molecule is COc1ccc(Cl)cc1-n1c(C)cc(/C=C2/C(=N)N3N=C(C(F)(F)F)SC3=NC2=O)c1C. The minimum atomic E-state index is -4.70. The molecule has 0 spiro atoms. The van der Waals surface area contributed by atoms with Crippen LogP contribution in [0.3, 0.4) is 0 Å². The monoisotopic (exact) mass is 481 g/mol. The van der Waals surface area contributed by atoms with Gasteiger partial charge in [-0.05, 0) is 61.5 Å². The second-order valence-electron chi connectivity index (χ2n) is 6.90. The van der Waals surface area contributed by atoms with Crippen LogP contribution < -0.4 is 4.74 Å². The first-order valence-corrected chi connectivity index (χ1v) is 10.3. The van der Waals surface area contributed by atoms with Crippen LogP contribution in [-0.4, -0.2) is 44.8 Å². The number of aliphatic imine (C=N–C) groups is 1. The molecular formula is C20H15ClF3N5O2S. The summed E-state index contributed by atoms with van der Waals surface area (Å²) in [5, 5.41) is 11.4. The van der Waals surface area contributed by atoms with E-state index in [2.05, 4.69) is 10.1 Å². The van der Waals surface area contributed by atoms with E-state index in [1.807, 2.05) is 11.5 Å². The average molecular weight is 482 g/mol. The van der Waals surface area contributed by atoms with Gasteiger partial charge in [0.2, 0.25) is 10.2 Å². The van der Waals surface area contributed by atoms with Crippen LogP contribution in [0.1, 0.15) is 17.0 Å². The zero-order valence-electron chi connectivity index (χ0n) is 16.9. The molecule has 0 atom stereocenters. The maximum Gasteiger partial charge on any atom is 0.441 e. The van der Waals surface area contributed by atoms with Crippen molar-refractivity contribution in [2.24, 2.45) is 10.1 Å². The van der Waals surface area contributed by atoms with Crippen molar-refractivity contribution in [3.63, 3.8) is 0 Å². The normalized spacial score (nSPS) is 17.6. The first kappa shape index (κ1) is 22.2. The molecule has 2 aliphatic rings. The number of fused-ring (bicyclic) bond motifs is 1. The zero-order valence-corrected chi connectivity index (χ0v) is 18.5. The van der Waals surface area contributed by atoms with Gasteiger partial charge in [0, 0.05) is 16.4 Å². The Morgan fingerprint density at radius 3 is 2.62 bits per heavy atom. The summed E-state index contributed by atoms with van der Waals surface area (Å²) in [5.74, 6) is -0.705. The largest absolute Gasteiger partial charge is 0.495 e. The minimum absolute atomic E-state index is 0.167. The van der Waals surface area contributed by atoms with Crippen molar-refractivity contribution in [1.82, 2.24) is 9.58 Å². The Kier molecular flexibility index (Phi) is 5.41. The number of rotatable bonds is 3. The number of hydrogen-bond donors (Lipinski definition) is 1. The van der Waals surface area contributed by atoms with Gasteiger partial charge in [0.1, 0.15) is 5.75 Å². The average Bonchev–Trinajstić information content (AvgIpc) is 3.26. The fourth-order valence-electron chi connectivity index (χ4n) is 3.40.